The van der Waals surface area contributed by atoms with Crippen LogP contribution in [0.15, 0.2) is 0 Å². The molecule has 17 heavy (non-hydrogen) atoms. The minimum absolute atomic E-state index is 0.0642. The number of hydrogen-bond donors (Lipinski definition) is 1. The second kappa shape index (κ2) is 5.36. The molecule has 0 radical (unpaired) electrons. The number of aliphatic hydroxyl groups excluding tert-OH is 1. The number of carbonyl (C=O) groups is 1. The number of hydrogen-bond acceptors (Lipinski definition) is 3. The summed E-state index contributed by atoms with van der Waals surface area (Å²) in [5.74, 6) is 0.131. The van der Waals surface area contributed by atoms with Crippen molar-refractivity contribution < 1.29 is 9.90 Å². The van der Waals surface area contributed by atoms with Gasteiger partial charge in [0, 0.05) is 18.6 Å². The molecular weight excluding hydrogens is 216 g/mol. The summed E-state index contributed by atoms with van der Waals surface area (Å²) < 4.78 is 0. The van der Waals surface area contributed by atoms with Gasteiger partial charge in [-0.2, -0.15) is 0 Å². The molecule has 0 aromatic heterocycles. The van der Waals surface area contributed by atoms with E-state index < -0.39 is 0 Å². The summed E-state index contributed by atoms with van der Waals surface area (Å²) in [4.78, 5) is 16.6. The highest BCUT2D eigenvalue weighted by Crippen LogP contribution is 2.28. The van der Waals surface area contributed by atoms with E-state index in [1.807, 2.05) is 11.9 Å². The largest absolute Gasteiger partial charge is 0.394 e. The maximum absolute atomic E-state index is 12.5. The number of nitrogens with zero attached hydrogens (tertiary/aromatic N) is 2. The molecule has 2 rings (SSSR count). The molecule has 1 aliphatic heterocycles. The normalized spacial score (nSPS) is 33.1. The van der Waals surface area contributed by atoms with Gasteiger partial charge in [-0.3, -0.25) is 9.69 Å². The summed E-state index contributed by atoms with van der Waals surface area (Å²) >= 11 is 0. The quantitative estimate of drug-likeness (QED) is 0.778. The summed E-state index contributed by atoms with van der Waals surface area (Å²) in [6.45, 7) is 2.97. The fraction of sp³-hybridized carbons (Fsp3) is 0.923. The van der Waals surface area contributed by atoms with Crippen LogP contribution < -0.4 is 0 Å². The van der Waals surface area contributed by atoms with Crippen LogP contribution in [0.25, 0.3) is 0 Å². The zero-order valence-electron chi connectivity index (χ0n) is 10.9. The van der Waals surface area contributed by atoms with E-state index in [2.05, 4.69) is 11.8 Å². The predicted octanol–water partition coefficient (Wildman–Crippen LogP) is 0.842. The van der Waals surface area contributed by atoms with E-state index in [0.29, 0.717) is 12.1 Å². The van der Waals surface area contributed by atoms with Gasteiger partial charge in [0.15, 0.2) is 0 Å². The van der Waals surface area contributed by atoms with Crippen molar-refractivity contribution in [2.75, 3.05) is 20.2 Å². The lowest BCUT2D eigenvalue weighted by Crippen LogP contribution is -2.51. The Labute approximate surface area is 104 Å². The molecule has 2 atom stereocenters. The van der Waals surface area contributed by atoms with Gasteiger partial charge in [0.1, 0.15) is 6.04 Å². The molecule has 2 aliphatic rings. The van der Waals surface area contributed by atoms with Gasteiger partial charge < -0.3 is 10.0 Å². The van der Waals surface area contributed by atoms with Gasteiger partial charge in [0.05, 0.1) is 6.61 Å². The third-order valence-electron chi connectivity index (χ3n) is 4.34. The number of aliphatic hydroxyl groups is 1. The van der Waals surface area contributed by atoms with Crippen LogP contribution in [0.1, 0.15) is 39.0 Å². The first-order valence-corrected chi connectivity index (χ1v) is 6.78. The zero-order chi connectivity index (χ0) is 12.4. The second-order valence-corrected chi connectivity index (χ2v) is 5.50. The maximum atomic E-state index is 12.5. The third-order valence-corrected chi connectivity index (χ3v) is 4.34. The van der Waals surface area contributed by atoms with E-state index in [-0.39, 0.29) is 18.6 Å². The Morgan fingerprint density at radius 3 is 2.53 bits per heavy atom. The van der Waals surface area contributed by atoms with E-state index in [9.17, 15) is 9.90 Å². The van der Waals surface area contributed by atoms with Gasteiger partial charge >= 0.3 is 0 Å². The Balaban J connectivity index is 2.18. The summed E-state index contributed by atoms with van der Waals surface area (Å²) in [5, 5.41) is 9.41. The molecule has 0 aromatic rings. The first-order chi connectivity index (χ1) is 8.15. The van der Waals surface area contributed by atoms with Crippen molar-refractivity contribution in [3.63, 3.8) is 0 Å². The number of carbonyl (C=O) groups excluding carboxylic acids is 1. The molecular formula is C13H24N2O2. The molecule has 0 spiro atoms. The van der Waals surface area contributed by atoms with Gasteiger partial charge in [-0.25, -0.2) is 0 Å². The van der Waals surface area contributed by atoms with Crippen LogP contribution in [-0.4, -0.2) is 59.1 Å². The van der Waals surface area contributed by atoms with E-state index in [0.717, 1.165) is 25.8 Å². The Morgan fingerprint density at radius 2 is 1.94 bits per heavy atom. The van der Waals surface area contributed by atoms with Crippen molar-refractivity contribution in [2.24, 2.45) is 0 Å². The van der Waals surface area contributed by atoms with Gasteiger partial charge in [0.2, 0.25) is 5.91 Å². The lowest BCUT2D eigenvalue weighted by molar-refractivity contribution is -0.140. The van der Waals surface area contributed by atoms with E-state index in [1.54, 1.807) is 0 Å². The van der Waals surface area contributed by atoms with Crippen LogP contribution in [-0.2, 0) is 4.79 Å². The SMILES string of the molecule is CC1CCN(C)C(CO)C(=O)N1C1CCCC1. The zero-order valence-corrected chi connectivity index (χ0v) is 10.9. The van der Waals surface area contributed by atoms with Crippen molar-refractivity contribution in [2.45, 2.75) is 57.2 Å². The van der Waals surface area contributed by atoms with Crippen LogP contribution in [0.4, 0.5) is 0 Å². The molecule has 0 aromatic carbocycles. The summed E-state index contributed by atoms with van der Waals surface area (Å²) in [6.07, 6.45) is 5.76. The average molecular weight is 240 g/mol. The molecule has 1 saturated heterocycles. The molecule has 4 nitrogen and oxygen atoms in total. The molecule has 2 fully saturated rings. The third kappa shape index (κ3) is 2.47. The highest BCUT2D eigenvalue weighted by Gasteiger charge is 2.38. The van der Waals surface area contributed by atoms with Crippen molar-refractivity contribution in [3.8, 4) is 0 Å². The van der Waals surface area contributed by atoms with Crippen molar-refractivity contribution in [3.05, 3.63) is 0 Å². The van der Waals surface area contributed by atoms with Crippen LogP contribution >= 0.6 is 0 Å². The van der Waals surface area contributed by atoms with Crippen molar-refractivity contribution in [1.29, 1.82) is 0 Å². The lowest BCUT2D eigenvalue weighted by atomic mass is 10.1. The molecule has 4 heteroatoms. The molecule has 1 heterocycles. The molecule has 0 bridgehead atoms. The molecule has 1 amide bonds. The Morgan fingerprint density at radius 1 is 1.29 bits per heavy atom. The van der Waals surface area contributed by atoms with Crippen LogP contribution in [0.5, 0.6) is 0 Å². The highest BCUT2D eigenvalue weighted by molar-refractivity contribution is 5.83. The number of likely N-dealkylation sites (N-methyl/N-ethyl adjacent to an activating group) is 1. The van der Waals surface area contributed by atoms with Gasteiger partial charge in [-0.1, -0.05) is 12.8 Å². The first-order valence-electron chi connectivity index (χ1n) is 6.78. The number of amides is 1. The molecule has 1 aliphatic carbocycles. The van der Waals surface area contributed by atoms with Crippen molar-refractivity contribution in [1.82, 2.24) is 9.80 Å². The molecule has 1 N–H and O–H groups in total. The van der Waals surface area contributed by atoms with Crippen LogP contribution in [0.2, 0.25) is 0 Å². The Bertz CT molecular complexity index is 277. The molecule has 1 saturated carbocycles. The van der Waals surface area contributed by atoms with Crippen LogP contribution in [0.3, 0.4) is 0 Å². The second-order valence-electron chi connectivity index (χ2n) is 5.50. The number of rotatable bonds is 2. The van der Waals surface area contributed by atoms with Crippen molar-refractivity contribution >= 4 is 5.91 Å². The summed E-state index contributed by atoms with van der Waals surface area (Å²) in [6, 6.07) is 0.392. The fourth-order valence-corrected chi connectivity index (χ4v) is 3.20. The van der Waals surface area contributed by atoms with Gasteiger partial charge in [-0.05, 0) is 33.2 Å². The average Bonchev–Trinajstić information content (AvgIpc) is 2.77. The summed E-state index contributed by atoms with van der Waals surface area (Å²) in [5.41, 5.74) is 0. The van der Waals surface area contributed by atoms with E-state index >= 15 is 0 Å². The fourth-order valence-electron chi connectivity index (χ4n) is 3.20. The first kappa shape index (κ1) is 12.8. The minimum atomic E-state index is -0.333. The standard InChI is InChI=1S/C13H24N2O2/c1-10-7-8-14(2)12(9-16)13(17)15(10)11-5-3-4-6-11/h10-12,16H,3-9H2,1-2H3. The van der Waals surface area contributed by atoms with Gasteiger partial charge in [-0.15, -0.1) is 0 Å². The smallest absolute Gasteiger partial charge is 0.242 e. The predicted molar refractivity (Wildman–Crippen MR) is 66.7 cm³/mol. The van der Waals surface area contributed by atoms with Gasteiger partial charge in [0.25, 0.3) is 0 Å². The molecule has 98 valence electrons. The maximum Gasteiger partial charge on any atom is 0.242 e. The Hall–Kier alpha value is -0.610. The highest BCUT2D eigenvalue weighted by atomic mass is 16.3. The van der Waals surface area contributed by atoms with E-state index in [4.69, 9.17) is 0 Å². The lowest BCUT2D eigenvalue weighted by Gasteiger charge is -2.35. The van der Waals surface area contributed by atoms with E-state index in [1.165, 1.54) is 12.8 Å². The minimum Gasteiger partial charge on any atom is -0.394 e. The monoisotopic (exact) mass is 240 g/mol. The van der Waals surface area contributed by atoms with Crippen LogP contribution in [0, 0.1) is 0 Å². The summed E-state index contributed by atoms with van der Waals surface area (Å²) in [7, 11) is 1.93. The topological polar surface area (TPSA) is 43.8 Å². The Kier molecular flexibility index (Phi) is 4.05. The molecule has 2 unspecified atom stereocenters.